The molecule has 0 aliphatic rings. The predicted octanol–water partition coefficient (Wildman–Crippen LogP) is 3.41. The Kier molecular flexibility index (Phi) is 4.38. The van der Waals surface area contributed by atoms with Crippen molar-refractivity contribution in [2.75, 3.05) is 13.7 Å². The van der Waals surface area contributed by atoms with Gasteiger partial charge >= 0.3 is 0 Å². The van der Waals surface area contributed by atoms with E-state index in [0.717, 1.165) is 35.1 Å². The van der Waals surface area contributed by atoms with Crippen molar-refractivity contribution in [2.24, 2.45) is 0 Å². The maximum absolute atomic E-state index is 9.42. The summed E-state index contributed by atoms with van der Waals surface area (Å²) >= 11 is 0. The van der Waals surface area contributed by atoms with Crippen LogP contribution in [0.5, 0.6) is 5.75 Å². The third-order valence-corrected chi connectivity index (χ3v) is 3.17. The Morgan fingerprint density at radius 1 is 1.26 bits per heavy atom. The van der Waals surface area contributed by atoms with E-state index in [-0.39, 0.29) is 6.04 Å². The zero-order valence-electron chi connectivity index (χ0n) is 11.3. The molecule has 0 saturated carbocycles. The lowest BCUT2D eigenvalue weighted by Gasteiger charge is -2.17. The van der Waals surface area contributed by atoms with E-state index in [2.05, 4.69) is 18.3 Å². The highest BCUT2D eigenvalue weighted by Crippen LogP contribution is 2.32. The normalized spacial score (nSPS) is 12.1. The average Bonchev–Trinajstić information content (AvgIpc) is 2.47. The summed E-state index contributed by atoms with van der Waals surface area (Å²) in [7, 11) is 1.64. The zero-order chi connectivity index (χ0) is 13.7. The van der Waals surface area contributed by atoms with Crippen molar-refractivity contribution in [2.45, 2.75) is 19.4 Å². The minimum atomic E-state index is -0.346. The molecule has 2 rings (SSSR count). The van der Waals surface area contributed by atoms with Gasteiger partial charge in [-0.15, -0.1) is 0 Å². The first kappa shape index (κ1) is 13.4. The zero-order valence-corrected chi connectivity index (χ0v) is 11.3. The summed E-state index contributed by atoms with van der Waals surface area (Å²) in [5.74, 6) is 0.758. The molecule has 1 atom stereocenters. The molecule has 3 nitrogen and oxygen atoms in total. The summed E-state index contributed by atoms with van der Waals surface area (Å²) in [6.07, 6.45) is 0.991. The van der Waals surface area contributed by atoms with Gasteiger partial charge in [0, 0.05) is 5.56 Å². The molecule has 0 aliphatic carbocycles. The fourth-order valence-corrected chi connectivity index (χ4v) is 2.25. The van der Waals surface area contributed by atoms with E-state index in [0.29, 0.717) is 0 Å². The highest BCUT2D eigenvalue weighted by Gasteiger charge is 2.17. The summed E-state index contributed by atoms with van der Waals surface area (Å²) in [5, 5.41) is 14.9. The first-order valence-corrected chi connectivity index (χ1v) is 6.50. The number of methoxy groups -OCH3 is 1. The van der Waals surface area contributed by atoms with Crippen LogP contribution in [0.25, 0.3) is 10.8 Å². The fourth-order valence-electron chi connectivity index (χ4n) is 2.25. The summed E-state index contributed by atoms with van der Waals surface area (Å²) in [5.41, 5.74) is 0.927. The Labute approximate surface area is 113 Å². The molecule has 0 heterocycles. The summed E-state index contributed by atoms with van der Waals surface area (Å²) in [6, 6.07) is 14.0. The Balaban J connectivity index is 2.57. The monoisotopic (exact) mass is 254 g/mol. The summed E-state index contributed by atoms with van der Waals surface area (Å²) < 4.78 is 5.43. The van der Waals surface area contributed by atoms with E-state index >= 15 is 0 Å². The number of rotatable bonds is 5. The van der Waals surface area contributed by atoms with Crippen molar-refractivity contribution < 1.29 is 4.74 Å². The molecule has 0 bridgehead atoms. The number of nitriles is 1. The molecule has 3 heteroatoms. The molecule has 0 saturated heterocycles. The highest BCUT2D eigenvalue weighted by atomic mass is 16.5. The Morgan fingerprint density at radius 3 is 2.74 bits per heavy atom. The molecular weight excluding hydrogens is 236 g/mol. The second kappa shape index (κ2) is 6.21. The second-order valence-electron chi connectivity index (χ2n) is 4.42. The van der Waals surface area contributed by atoms with Gasteiger partial charge in [-0.25, -0.2) is 0 Å². The number of nitrogens with zero attached hydrogens (tertiary/aromatic N) is 1. The van der Waals surface area contributed by atoms with Crippen LogP contribution in [0, 0.1) is 11.3 Å². The molecule has 1 unspecified atom stereocenters. The van der Waals surface area contributed by atoms with Gasteiger partial charge in [0.05, 0.1) is 13.2 Å². The molecule has 2 aromatic carbocycles. The molecule has 0 spiro atoms. The number of benzene rings is 2. The number of ether oxygens (including phenoxy) is 1. The van der Waals surface area contributed by atoms with Gasteiger partial charge in [-0.3, -0.25) is 5.32 Å². The van der Waals surface area contributed by atoms with Crippen molar-refractivity contribution in [3.05, 3.63) is 42.0 Å². The van der Waals surface area contributed by atoms with Crippen LogP contribution in [0.3, 0.4) is 0 Å². The Bertz CT molecular complexity index is 601. The van der Waals surface area contributed by atoms with E-state index in [1.807, 2.05) is 36.4 Å². The standard InChI is InChI=1S/C16H18N2O/c1-3-10-18-14(11-17)16-13-7-5-4-6-12(13)8-9-15(16)19-2/h4-9,14,18H,3,10H2,1-2H3. The van der Waals surface area contributed by atoms with E-state index < -0.39 is 0 Å². The van der Waals surface area contributed by atoms with Crippen LogP contribution < -0.4 is 10.1 Å². The molecule has 0 aliphatic heterocycles. The lowest BCUT2D eigenvalue weighted by molar-refractivity contribution is 0.406. The van der Waals surface area contributed by atoms with Gasteiger partial charge in [0.1, 0.15) is 11.8 Å². The van der Waals surface area contributed by atoms with Gasteiger partial charge in [0.15, 0.2) is 0 Å². The Morgan fingerprint density at radius 2 is 2.05 bits per heavy atom. The maximum Gasteiger partial charge on any atom is 0.125 e. The van der Waals surface area contributed by atoms with Crippen LogP contribution in [0.4, 0.5) is 0 Å². The summed E-state index contributed by atoms with van der Waals surface area (Å²) in [4.78, 5) is 0. The van der Waals surface area contributed by atoms with Crippen molar-refractivity contribution in [3.63, 3.8) is 0 Å². The molecule has 0 amide bonds. The van der Waals surface area contributed by atoms with Gasteiger partial charge in [0.2, 0.25) is 0 Å². The van der Waals surface area contributed by atoms with Crippen LogP contribution in [-0.4, -0.2) is 13.7 Å². The van der Waals surface area contributed by atoms with E-state index in [1.165, 1.54) is 0 Å². The summed E-state index contributed by atoms with van der Waals surface area (Å²) in [6.45, 7) is 2.90. The maximum atomic E-state index is 9.42. The van der Waals surface area contributed by atoms with Crippen molar-refractivity contribution in [1.29, 1.82) is 5.26 Å². The van der Waals surface area contributed by atoms with Crippen LogP contribution in [-0.2, 0) is 0 Å². The molecule has 1 N–H and O–H groups in total. The van der Waals surface area contributed by atoms with Gasteiger partial charge < -0.3 is 4.74 Å². The average molecular weight is 254 g/mol. The second-order valence-corrected chi connectivity index (χ2v) is 4.42. The van der Waals surface area contributed by atoms with Crippen molar-refractivity contribution in [1.82, 2.24) is 5.32 Å². The molecule has 19 heavy (non-hydrogen) atoms. The van der Waals surface area contributed by atoms with Gasteiger partial charge in [-0.1, -0.05) is 37.3 Å². The quantitative estimate of drug-likeness (QED) is 0.889. The van der Waals surface area contributed by atoms with Gasteiger partial charge in [0.25, 0.3) is 0 Å². The predicted molar refractivity (Wildman–Crippen MR) is 77.1 cm³/mol. The number of fused-ring (bicyclic) bond motifs is 1. The number of hydrogen-bond donors (Lipinski definition) is 1. The largest absolute Gasteiger partial charge is 0.496 e. The van der Waals surface area contributed by atoms with E-state index in [9.17, 15) is 5.26 Å². The lowest BCUT2D eigenvalue weighted by atomic mass is 9.98. The van der Waals surface area contributed by atoms with Crippen LogP contribution in [0.15, 0.2) is 36.4 Å². The van der Waals surface area contributed by atoms with Crippen molar-refractivity contribution in [3.8, 4) is 11.8 Å². The molecule has 0 aromatic heterocycles. The number of hydrogen-bond acceptors (Lipinski definition) is 3. The van der Waals surface area contributed by atoms with Crippen molar-refractivity contribution >= 4 is 10.8 Å². The highest BCUT2D eigenvalue weighted by molar-refractivity contribution is 5.88. The van der Waals surface area contributed by atoms with Gasteiger partial charge in [-0.05, 0) is 29.8 Å². The minimum Gasteiger partial charge on any atom is -0.496 e. The topological polar surface area (TPSA) is 45.0 Å². The molecular formula is C16H18N2O. The first-order valence-electron chi connectivity index (χ1n) is 6.50. The third-order valence-electron chi connectivity index (χ3n) is 3.17. The van der Waals surface area contributed by atoms with E-state index in [1.54, 1.807) is 7.11 Å². The minimum absolute atomic E-state index is 0.346. The van der Waals surface area contributed by atoms with Crippen LogP contribution in [0.1, 0.15) is 24.9 Å². The molecule has 0 radical (unpaired) electrons. The third kappa shape index (κ3) is 2.69. The molecule has 0 fully saturated rings. The first-order chi connectivity index (χ1) is 9.31. The number of nitrogens with one attached hydrogen (secondary N) is 1. The van der Waals surface area contributed by atoms with Crippen LogP contribution in [0.2, 0.25) is 0 Å². The molecule has 2 aromatic rings. The van der Waals surface area contributed by atoms with E-state index in [4.69, 9.17) is 4.74 Å². The SMILES string of the molecule is CCCNC(C#N)c1c(OC)ccc2ccccc12. The molecule has 98 valence electrons. The van der Waals surface area contributed by atoms with Crippen LogP contribution >= 0.6 is 0 Å². The Hall–Kier alpha value is -2.05. The fraction of sp³-hybridized carbons (Fsp3) is 0.312. The smallest absolute Gasteiger partial charge is 0.125 e. The van der Waals surface area contributed by atoms with Gasteiger partial charge in [-0.2, -0.15) is 5.26 Å². The lowest BCUT2D eigenvalue weighted by Crippen LogP contribution is -2.21.